The molecule has 0 rings (SSSR count). The highest BCUT2D eigenvalue weighted by Crippen LogP contribution is 1.91. The average molecular weight is 322 g/mol. The monoisotopic (exact) mass is 322 g/mol. The minimum Gasteiger partial charge on any atom is -0.476 e. The predicted molar refractivity (Wildman–Crippen MR) is 77.9 cm³/mol. The highest BCUT2D eigenvalue weighted by atomic mass is 16.7. The van der Waals surface area contributed by atoms with Crippen molar-refractivity contribution in [3.05, 3.63) is 25.7 Å². The molecular formula is C14H26O8. The number of hydrogen-bond acceptors (Lipinski definition) is 8. The third-order valence-electron chi connectivity index (χ3n) is 2.15. The molecule has 0 saturated heterocycles. The zero-order valence-electron chi connectivity index (χ0n) is 12.7. The molecule has 8 heteroatoms. The van der Waals surface area contributed by atoms with Crippen LogP contribution < -0.4 is 0 Å². The molecule has 0 bridgehead atoms. The lowest BCUT2D eigenvalue weighted by molar-refractivity contribution is -0.0824. The molecule has 2 unspecified atom stereocenters. The summed E-state index contributed by atoms with van der Waals surface area (Å²) in [5, 5.41) is 19.0. The van der Waals surface area contributed by atoms with E-state index in [2.05, 4.69) is 13.2 Å². The second-order valence-corrected chi connectivity index (χ2v) is 4.10. The van der Waals surface area contributed by atoms with Gasteiger partial charge in [0.25, 0.3) is 0 Å². The Morgan fingerprint density at radius 2 is 1.05 bits per heavy atom. The van der Waals surface area contributed by atoms with Gasteiger partial charge >= 0.3 is 0 Å². The van der Waals surface area contributed by atoms with Crippen LogP contribution in [0.1, 0.15) is 0 Å². The van der Waals surface area contributed by atoms with Crippen LogP contribution in [0.5, 0.6) is 0 Å². The molecule has 0 aliphatic rings. The van der Waals surface area contributed by atoms with Crippen LogP contribution in [0.2, 0.25) is 0 Å². The van der Waals surface area contributed by atoms with Gasteiger partial charge in [-0.25, -0.2) is 0 Å². The molecule has 0 aromatic heterocycles. The minimum absolute atomic E-state index is 0.0431. The van der Waals surface area contributed by atoms with Crippen molar-refractivity contribution in [1.82, 2.24) is 0 Å². The number of aliphatic hydroxyl groups is 2. The van der Waals surface area contributed by atoms with Crippen LogP contribution in [-0.2, 0) is 28.4 Å². The Bertz CT molecular complexity index is 235. The van der Waals surface area contributed by atoms with Crippen molar-refractivity contribution < 1.29 is 38.6 Å². The van der Waals surface area contributed by atoms with Gasteiger partial charge in [0, 0.05) is 0 Å². The zero-order chi connectivity index (χ0) is 16.5. The van der Waals surface area contributed by atoms with E-state index in [9.17, 15) is 10.2 Å². The Balaban J connectivity index is 3.27. The summed E-state index contributed by atoms with van der Waals surface area (Å²) in [6.07, 6.45) is 1.03. The van der Waals surface area contributed by atoms with E-state index in [1.165, 1.54) is 12.5 Å². The van der Waals surface area contributed by atoms with Crippen LogP contribution in [0.3, 0.4) is 0 Å². The number of rotatable bonds is 17. The summed E-state index contributed by atoms with van der Waals surface area (Å²) in [7, 11) is 0. The molecule has 0 radical (unpaired) electrons. The Morgan fingerprint density at radius 3 is 1.41 bits per heavy atom. The molecule has 0 heterocycles. The summed E-state index contributed by atoms with van der Waals surface area (Å²) in [6.45, 7) is 7.86. The van der Waals surface area contributed by atoms with Crippen LogP contribution >= 0.6 is 0 Å². The summed E-state index contributed by atoms with van der Waals surface area (Å²) in [5.74, 6) is 0. The Hall–Kier alpha value is -1.16. The lowest BCUT2D eigenvalue weighted by Crippen LogP contribution is -2.25. The van der Waals surface area contributed by atoms with Gasteiger partial charge in [0.15, 0.2) is 13.6 Å². The maximum atomic E-state index is 9.49. The van der Waals surface area contributed by atoms with Crippen molar-refractivity contribution in [2.45, 2.75) is 12.2 Å². The van der Waals surface area contributed by atoms with E-state index in [0.717, 1.165) is 0 Å². The second-order valence-electron chi connectivity index (χ2n) is 4.10. The molecule has 0 saturated carbocycles. The summed E-state index contributed by atoms with van der Waals surface area (Å²) < 4.78 is 29.8. The van der Waals surface area contributed by atoms with Gasteiger partial charge in [0.2, 0.25) is 0 Å². The quantitative estimate of drug-likeness (QED) is 0.220. The van der Waals surface area contributed by atoms with Crippen molar-refractivity contribution in [1.29, 1.82) is 0 Å². The minimum atomic E-state index is -0.739. The van der Waals surface area contributed by atoms with Crippen LogP contribution in [0.15, 0.2) is 25.7 Å². The first kappa shape index (κ1) is 20.8. The summed E-state index contributed by atoms with van der Waals surface area (Å²) in [4.78, 5) is 0. The van der Waals surface area contributed by atoms with E-state index in [1.807, 2.05) is 0 Å². The van der Waals surface area contributed by atoms with Gasteiger partial charge in [-0.2, -0.15) is 0 Å². The number of hydrogen-bond donors (Lipinski definition) is 2. The van der Waals surface area contributed by atoms with Gasteiger partial charge in [-0.05, 0) is 0 Å². The SMILES string of the molecule is C=COCOCC(O)COCCOCC(O)COCOC=C. The zero-order valence-corrected chi connectivity index (χ0v) is 12.7. The van der Waals surface area contributed by atoms with Crippen molar-refractivity contribution in [2.75, 3.05) is 53.2 Å². The smallest absolute Gasteiger partial charge is 0.188 e. The van der Waals surface area contributed by atoms with E-state index in [1.54, 1.807) is 0 Å². The molecule has 0 aliphatic heterocycles. The fourth-order valence-electron chi connectivity index (χ4n) is 1.21. The van der Waals surface area contributed by atoms with E-state index in [4.69, 9.17) is 28.4 Å². The van der Waals surface area contributed by atoms with E-state index in [-0.39, 0.29) is 40.0 Å². The Labute approximate surface area is 130 Å². The van der Waals surface area contributed by atoms with Crippen LogP contribution in [0.25, 0.3) is 0 Å². The highest BCUT2D eigenvalue weighted by molar-refractivity contribution is 4.53. The average Bonchev–Trinajstić information content (AvgIpc) is 2.51. The number of ether oxygens (including phenoxy) is 6. The Morgan fingerprint density at radius 1 is 0.682 bits per heavy atom. The fourth-order valence-corrected chi connectivity index (χ4v) is 1.21. The maximum absolute atomic E-state index is 9.49. The highest BCUT2D eigenvalue weighted by Gasteiger charge is 2.06. The van der Waals surface area contributed by atoms with Gasteiger partial charge in [-0.1, -0.05) is 13.2 Å². The fraction of sp³-hybridized carbons (Fsp3) is 0.714. The van der Waals surface area contributed by atoms with Crippen LogP contribution in [0.4, 0.5) is 0 Å². The van der Waals surface area contributed by atoms with Gasteiger partial charge in [0.05, 0.1) is 52.2 Å². The molecule has 2 atom stereocenters. The molecule has 2 N–H and O–H groups in total. The van der Waals surface area contributed by atoms with Crippen LogP contribution in [0, 0.1) is 0 Å². The first-order chi connectivity index (χ1) is 10.7. The van der Waals surface area contributed by atoms with Crippen molar-refractivity contribution in [3.8, 4) is 0 Å². The van der Waals surface area contributed by atoms with Crippen molar-refractivity contribution in [2.24, 2.45) is 0 Å². The lowest BCUT2D eigenvalue weighted by Gasteiger charge is -2.13. The van der Waals surface area contributed by atoms with Crippen LogP contribution in [-0.4, -0.2) is 75.6 Å². The molecule has 22 heavy (non-hydrogen) atoms. The summed E-state index contributed by atoms with van der Waals surface area (Å²) in [5.41, 5.74) is 0. The normalized spacial score (nSPS) is 13.4. The van der Waals surface area contributed by atoms with Gasteiger partial charge in [-0.3, -0.25) is 0 Å². The van der Waals surface area contributed by atoms with Gasteiger partial charge < -0.3 is 38.6 Å². The first-order valence-corrected chi connectivity index (χ1v) is 6.82. The first-order valence-electron chi connectivity index (χ1n) is 6.82. The van der Waals surface area contributed by atoms with Gasteiger partial charge in [0.1, 0.15) is 12.2 Å². The summed E-state index contributed by atoms with van der Waals surface area (Å²) >= 11 is 0. The van der Waals surface area contributed by atoms with Crippen molar-refractivity contribution >= 4 is 0 Å². The molecule has 0 amide bonds. The molecule has 0 spiro atoms. The molecule has 0 aliphatic carbocycles. The van der Waals surface area contributed by atoms with Gasteiger partial charge in [-0.15, -0.1) is 0 Å². The molecule has 0 aromatic carbocycles. The van der Waals surface area contributed by atoms with Crippen molar-refractivity contribution in [3.63, 3.8) is 0 Å². The largest absolute Gasteiger partial charge is 0.476 e. The summed E-state index contributed by atoms with van der Waals surface area (Å²) in [6, 6.07) is 0. The van der Waals surface area contributed by atoms with E-state index < -0.39 is 12.2 Å². The third-order valence-corrected chi connectivity index (χ3v) is 2.15. The lowest BCUT2D eigenvalue weighted by atomic mass is 10.4. The number of aliphatic hydroxyl groups excluding tert-OH is 2. The molecule has 0 fully saturated rings. The maximum Gasteiger partial charge on any atom is 0.188 e. The standard InChI is InChI=1S/C14H26O8/c1-3-17-11-21-9-13(15)7-19-5-6-20-8-14(16)10-22-12-18-4-2/h3-4,13-16H,1-2,5-12H2. The third kappa shape index (κ3) is 15.2. The molecular weight excluding hydrogens is 296 g/mol. The molecule has 8 nitrogen and oxygen atoms in total. The Kier molecular flexibility index (Phi) is 15.4. The second kappa shape index (κ2) is 16.2. The molecule has 130 valence electrons. The predicted octanol–water partition coefficient (Wildman–Crippen LogP) is 0.00980. The van der Waals surface area contributed by atoms with E-state index >= 15 is 0 Å². The topological polar surface area (TPSA) is 95.8 Å². The van der Waals surface area contributed by atoms with E-state index in [0.29, 0.717) is 13.2 Å². The molecule has 0 aromatic rings.